The first-order valence-electron chi connectivity index (χ1n) is 4.73. The lowest BCUT2D eigenvalue weighted by Gasteiger charge is -2.17. The predicted octanol–water partition coefficient (Wildman–Crippen LogP) is 0.288. The van der Waals surface area contributed by atoms with Crippen molar-refractivity contribution in [3.63, 3.8) is 0 Å². The van der Waals surface area contributed by atoms with E-state index in [1.165, 1.54) is 11.3 Å². The van der Waals surface area contributed by atoms with E-state index in [2.05, 4.69) is 0 Å². The molecule has 1 heterocycles. The molecule has 6 nitrogen and oxygen atoms in total. The van der Waals surface area contributed by atoms with Crippen LogP contribution in [0.15, 0.2) is 17.5 Å². The molecular weight excluding hydrogens is 246 g/mol. The molecule has 0 bridgehead atoms. The van der Waals surface area contributed by atoms with E-state index in [0.29, 0.717) is 0 Å². The van der Waals surface area contributed by atoms with Crippen molar-refractivity contribution in [3.05, 3.63) is 22.4 Å². The number of rotatable bonds is 6. The molecule has 17 heavy (non-hydrogen) atoms. The maximum atomic E-state index is 11.7. The first-order valence-corrected chi connectivity index (χ1v) is 5.60. The zero-order valence-electron chi connectivity index (χ0n) is 8.83. The van der Waals surface area contributed by atoms with Crippen LogP contribution in [0.2, 0.25) is 0 Å². The van der Waals surface area contributed by atoms with Crippen molar-refractivity contribution < 1.29 is 24.6 Å². The molecule has 1 amide bonds. The van der Waals surface area contributed by atoms with Gasteiger partial charge in [0.15, 0.2) is 0 Å². The average molecular weight is 257 g/mol. The smallest absolute Gasteiger partial charge is 0.323 e. The van der Waals surface area contributed by atoms with Crippen LogP contribution in [-0.2, 0) is 20.8 Å². The highest BCUT2D eigenvalue weighted by molar-refractivity contribution is 7.10. The summed E-state index contributed by atoms with van der Waals surface area (Å²) in [4.78, 5) is 34.3. The van der Waals surface area contributed by atoms with Crippen LogP contribution in [0.3, 0.4) is 0 Å². The number of carboxylic acids is 2. The zero-order valence-corrected chi connectivity index (χ0v) is 9.64. The van der Waals surface area contributed by atoms with Crippen LogP contribution in [0.1, 0.15) is 4.88 Å². The first-order chi connectivity index (χ1) is 7.99. The topological polar surface area (TPSA) is 94.9 Å². The van der Waals surface area contributed by atoms with Crippen molar-refractivity contribution in [1.29, 1.82) is 0 Å². The van der Waals surface area contributed by atoms with Gasteiger partial charge in [0.1, 0.15) is 13.1 Å². The highest BCUT2D eigenvalue weighted by Crippen LogP contribution is 2.10. The van der Waals surface area contributed by atoms with Crippen LogP contribution in [-0.4, -0.2) is 46.0 Å². The van der Waals surface area contributed by atoms with Gasteiger partial charge < -0.3 is 15.1 Å². The zero-order chi connectivity index (χ0) is 12.8. The largest absolute Gasteiger partial charge is 0.480 e. The van der Waals surface area contributed by atoms with E-state index in [1.807, 2.05) is 0 Å². The molecule has 0 saturated heterocycles. The normalized spacial score (nSPS) is 9.88. The van der Waals surface area contributed by atoms with Crippen LogP contribution in [0.4, 0.5) is 0 Å². The monoisotopic (exact) mass is 257 g/mol. The molecule has 0 aliphatic rings. The molecule has 0 atom stereocenters. The molecule has 1 aromatic rings. The fraction of sp³-hybridized carbons (Fsp3) is 0.300. The predicted molar refractivity (Wildman–Crippen MR) is 59.9 cm³/mol. The van der Waals surface area contributed by atoms with E-state index in [9.17, 15) is 14.4 Å². The highest BCUT2D eigenvalue weighted by atomic mass is 32.1. The maximum absolute atomic E-state index is 11.7. The number of aliphatic carboxylic acids is 2. The number of nitrogens with zero attached hydrogens (tertiary/aromatic N) is 1. The van der Waals surface area contributed by atoms with E-state index in [1.54, 1.807) is 17.5 Å². The van der Waals surface area contributed by atoms with E-state index in [4.69, 9.17) is 10.2 Å². The Bertz CT molecular complexity index is 398. The van der Waals surface area contributed by atoms with Gasteiger partial charge in [0.05, 0.1) is 6.42 Å². The van der Waals surface area contributed by atoms with Gasteiger partial charge in [-0.2, -0.15) is 0 Å². The summed E-state index contributed by atoms with van der Waals surface area (Å²) < 4.78 is 0. The summed E-state index contributed by atoms with van der Waals surface area (Å²) >= 11 is 1.36. The third kappa shape index (κ3) is 4.64. The molecule has 0 fully saturated rings. The number of hydrogen-bond acceptors (Lipinski definition) is 4. The van der Waals surface area contributed by atoms with Crippen LogP contribution in [0.25, 0.3) is 0 Å². The third-order valence-electron chi connectivity index (χ3n) is 1.91. The SMILES string of the molecule is O=C(O)CN(CC(=O)O)C(=O)Cc1cccs1. The minimum absolute atomic E-state index is 0.0260. The molecule has 0 spiro atoms. The minimum Gasteiger partial charge on any atom is -0.480 e. The van der Waals surface area contributed by atoms with Gasteiger partial charge in [-0.05, 0) is 11.4 Å². The van der Waals surface area contributed by atoms with Crippen molar-refractivity contribution in [2.75, 3.05) is 13.1 Å². The van der Waals surface area contributed by atoms with Crippen LogP contribution in [0.5, 0.6) is 0 Å². The molecule has 2 N–H and O–H groups in total. The van der Waals surface area contributed by atoms with Crippen LogP contribution < -0.4 is 0 Å². The second-order valence-corrected chi connectivity index (χ2v) is 4.33. The number of hydrogen-bond donors (Lipinski definition) is 2. The lowest BCUT2D eigenvalue weighted by atomic mass is 10.3. The number of amides is 1. The summed E-state index contributed by atoms with van der Waals surface area (Å²) in [5.74, 6) is -2.96. The van der Waals surface area contributed by atoms with Crippen molar-refractivity contribution >= 4 is 29.2 Å². The van der Waals surface area contributed by atoms with Gasteiger partial charge in [-0.25, -0.2) is 0 Å². The Balaban J connectivity index is 2.65. The maximum Gasteiger partial charge on any atom is 0.323 e. The Kier molecular flexibility index (Phi) is 4.65. The molecule has 1 aromatic heterocycles. The van der Waals surface area contributed by atoms with E-state index >= 15 is 0 Å². The van der Waals surface area contributed by atoms with E-state index in [-0.39, 0.29) is 6.42 Å². The summed E-state index contributed by atoms with van der Waals surface area (Å²) in [6.07, 6.45) is 0.0260. The lowest BCUT2D eigenvalue weighted by molar-refractivity contribution is -0.149. The highest BCUT2D eigenvalue weighted by Gasteiger charge is 2.19. The van der Waals surface area contributed by atoms with Gasteiger partial charge >= 0.3 is 11.9 Å². The number of carbonyl (C=O) groups excluding carboxylic acids is 1. The molecule has 92 valence electrons. The Morgan fingerprint density at radius 3 is 2.18 bits per heavy atom. The summed E-state index contributed by atoms with van der Waals surface area (Å²) in [6, 6.07) is 3.51. The molecule has 0 radical (unpaired) electrons. The van der Waals surface area contributed by atoms with Crippen molar-refractivity contribution in [1.82, 2.24) is 4.90 Å². The Morgan fingerprint density at radius 1 is 1.18 bits per heavy atom. The average Bonchev–Trinajstić information content (AvgIpc) is 2.67. The number of thiophene rings is 1. The molecule has 0 aliphatic heterocycles. The molecule has 0 saturated carbocycles. The van der Waals surface area contributed by atoms with Crippen molar-refractivity contribution in [2.24, 2.45) is 0 Å². The van der Waals surface area contributed by atoms with Gasteiger partial charge in [-0.1, -0.05) is 6.07 Å². The quantitative estimate of drug-likeness (QED) is 0.763. The lowest BCUT2D eigenvalue weighted by Crippen LogP contribution is -2.40. The van der Waals surface area contributed by atoms with E-state index < -0.39 is 30.9 Å². The summed E-state index contributed by atoms with van der Waals surface area (Å²) in [7, 11) is 0. The minimum atomic E-state index is -1.23. The summed E-state index contributed by atoms with van der Waals surface area (Å²) in [6.45, 7) is -1.20. The molecule has 0 aliphatic carbocycles. The summed E-state index contributed by atoms with van der Waals surface area (Å²) in [5.41, 5.74) is 0. The van der Waals surface area contributed by atoms with Crippen molar-refractivity contribution in [2.45, 2.75) is 6.42 Å². The van der Waals surface area contributed by atoms with Crippen LogP contribution >= 0.6 is 11.3 Å². The number of carbonyl (C=O) groups is 3. The fourth-order valence-electron chi connectivity index (χ4n) is 1.23. The van der Waals surface area contributed by atoms with Crippen LogP contribution in [0, 0.1) is 0 Å². The third-order valence-corrected chi connectivity index (χ3v) is 2.79. The van der Waals surface area contributed by atoms with Crippen molar-refractivity contribution in [3.8, 4) is 0 Å². The Morgan fingerprint density at radius 2 is 1.76 bits per heavy atom. The van der Waals surface area contributed by atoms with Gasteiger partial charge in [-0.15, -0.1) is 11.3 Å². The fourth-order valence-corrected chi connectivity index (χ4v) is 1.93. The molecule has 0 aromatic carbocycles. The summed E-state index contributed by atoms with van der Waals surface area (Å²) in [5, 5.41) is 19.0. The molecular formula is C10H11NO5S. The first kappa shape index (κ1) is 13.2. The van der Waals surface area contributed by atoms with Gasteiger partial charge in [-0.3, -0.25) is 14.4 Å². The molecule has 1 rings (SSSR count). The Labute approximate surface area is 101 Å². The van der Waals surface area contributed by atoms with E-state index in [0.717, 1.165) is 9.78 Å². The molecule has 7 heteroatoms. The second-order valence-electron chi connectivity index (χ2n) is 3.29. The van der Waals surface area contributed by atoms with Gasteiger partial charge in [0.25, 0.3) is 0 Å². The van der Waals surface area contributed by atoms with Gasteiger partial charge in [0, 0.05) is 4.88 Å². The number of carboxylic acid groups (broad SMARTS) is 2. The standard InChI is InChI=1S/C10H11NO5S/c12-8(4-7-2-1-3-17-7)11(5-9(13)14)6-10(15)16/h1-3H,4-6H2,(H,13,14)(H,15,16). The van der Waals surface area contributed by atoms with Gasteiger partial charge in [0.2, 0.25) is 5.91 Å². The molecule has 0 unspecified atom stereocenters. The second kappa shape index (κ2) is 6.00. The Hall–Kier alpha value is -1.89.